The van der Waals surface area contributed by atoms with E-state index in [2.05, 4.69) is 24.7 Å². The molecule has 0 aliphatic carbocycles. The molecule has 0 saturated heterocycles. The Labute approximate surface area is 138 Å². The molecular formula is C14H17FIN3OSi. The van der Waals surface area contributed by atoms with Gasteiger partial charge in [-0.05, 0) is 34.7 Å². The van der Waals surface area contributed by atoms with E-state index in [0.717, 1.165) is 6.04 Å². The monoisotopic (exact) mass is 417 g/mol. The van der Waals surface area contributed by atoms with Crippen molar-refractivity contribution in [2.45, 2.75) is 32.4 Å². The van der Waals surface area contributed by atoms with E-state index in [9.17, 15) is 4.39 Å². The molecule has 4 nitrogen and oxygen atoms in total. The zero-order valence-electron chi connectivity index (χ0n) is 12.3. The van der Waals surface area contributed by atoms with E-state index in [0.29, 0.717) is 26.6 Å². The maximum absolute atomic E-state index is 14.4. The van der Waals surface area contributed by atoms with Gasteiger partial charge in [-0.3, -0.25) is 0 Å². The molecule has 7 heteroatoms. The summed E-state index contributed by atoms with van der Waals surface area (Å²) in [5.74, 6) is -0.407. The van der Waals surface area contributed by atoms with E-state index in [4.69, 9.17) is 10.00 Å². The van der Waals surface area contributed by atoms with Gasteiger partial charge in [0.15, 0.2) is 5.82 Å². The molecule has 0 radical (unpaired) electrons. The molecule has 0 aliphatic rings. The zero-order chi connectivity index (χ0) is 15.6. The molecular weight excluding hydrogens is 400 g/mol. The Morgan fingerprint density at radius 1 is 1.48 bits per heavy atom. The van der Waals surface area contributed by atoms with E-state index in [1.165, 1.54) is 4.68 Å². The summed E-state index contributed by atoms with van der Waals surface area (Å²) in [6.07, 6.45) is 1.57. The van der Waals surface area contributed by atoms with Crippen LogP contribution in [0.4, 0.5) is 4.39 Å². The van der Waals surface area contributed by atoms with Crippen molar-refractivity contribution in [2.75, 3.05) is 6.61 Å². The summed E-state index contributed by atoms with van der Waals surface area (Å²) in [6.45, 7) is 7.74. The van der Waals surface area contributed by atoms with Gasteiger partial charge in [0, 0.05) is 20.1 Å². The molecule has 0 bridgehead atoms. The van der Waals surface area contributed by atoms with Crippen LogP contribution < -0.4 is 0 Å². The highest BCUT2D eigenvalue weighted by molar-refractivity contribution is 14.1. The van der Waals surface area contributed by atoms with E-state index in [1.54, 1.807) is 12.3 Å². The predicted octanol–water partition coefficient (Wildman–Crippen LogP) is 3.96. The summed E-state index contributed by atoms with van der Waals surface area (Å²) in [4.78, 5) is 0. The quantitative estimate of drug-likeness (QED) is 0.421. The second-order valence-corrected chi connectivity index (χ2v) is 12.8. The van der Waals surface area contributed by atoms with Crippen molar-refractivity contribution in [3.05, 3.63) is 27.2 Å². The van der Waals surface area contributed by atoms with Gasteiger partial charge in [-0.2, -0.15) is 10.4 Å². The highest BCUT2D eigenvalue weighted by Gasteiger charge is 2.16. The number of halogens is 2. The molecule has 2 rings (SSSR count). The molecule has 2 aromatic rings. The van der Waals surface area contributed by atoms with Crippen LogP contribution in [0.25, 0.3) is 10.9 Å². The summed E-state index contributed by atoms with van der Waals surface area (Å²) in [5.41, 5.74) is 0.728. The van der Waals surface area contributed by atoms with Crippen LogP contribution in [0.2, 0.25) is 25.7 Å². The SMILES string of the molecule is C[Si](C)(C)CCOCn1ncc2cc(C#N)c(I)c(F)c21. The number of hydrogen-bond acceptors (Lipinski definition) is 3. The lowest BCUT2D eigenvalue weighted by Crippen LogP contribution is -2.22. The van der Waals surface area contributed by atoms with Gasteiger partial charge in [0.05, 0.1) is 15.3 Å². The van der Waals surface area contributed by atoms with Gasteiger partial charge in [-0.25, -0.2) is 9.07 Å². The fourth-order valence-electron chi connectivity index (χ4n) is 1.90. The molecule has 0 N–H and O–H groups in total. The number of aromatic nitrogens is 2. The third kappa shape index (κ3) is 3.81. The van der Waals surface area contributed by atoms with Crippen LogP contribution in [0, 0.1) is 20.7 Å². The Morgan fingerprint density at radius 3 is 2.81 bits per heavy atom. The van der Waals surface area contributed by atoms with Gasteiger partial charge in [0.25, 0.3) is 0 Å². The first-order valence-electron chi connectivity index (χ1n) is 6.65. The Kier molecular flexibility index (Phi) is 5.01. The van der Waals surface area contributed by atoms with Crippen molar-refractivity contribution in [3.8, 4) is 6.07 Å². The summed E-state index contributed by atoms with van der Waals surface area (Å²) in [7, 11) is -1.13. The topological polar surface area (TPSA) is 50.8 Å². The number of hydrogen-bond donors (Lipinski definition) is 0. The Bertz CT molecular complexity index is 703. The van der Waals surface area contributed by atoms with Gasteiger partial charge in [0.2, 0.25) is 0 Å². The molecule has 0 atom stereocenters. The maximum atomic E-state index is 14.4. The summed E-state index contributed by atoms with van der Waals surface area (Å²) in [6, 6.07) is 4.71. The molecule has 1 aromatic carbocycles. The first-order chi connectivity index (χ1) is 9.83. The van der Waals surface area contributed by atoms with Crippen LogP contribution in [-0.4, -0.2) is 24.5 Å². The van der Waals surface area contributed by atoms with Gasteiger partial charge in [0.1, 0.15) is 18.3 Å². The normalized spacial score (nSPS) is 11.8. The lowest BCUT2D eigenvalue weighted by molar-refractivity contribution is 0.0813. The van der Waals surface area contributed by atoms with Gasteiger partial charge >= 0.3 is 0 Å². The number of fused-ring (bicyclic) bond motifs is 1. The number of rotatable bonds is 5. The Morgan fingerprint density at radius 2 is 2.19 bits per heavy atom. The average Bonchev–Trinajstić information content (AvgIpc) is 2.81. The summed E-state index contributed by atoms with van der Waals surface area (Å²) in [5, 5.41) is 13.8. The molecule has 1 heterocycles. The van der Waals surface area contributed by atoms with Crippen LogP contribution in [0.1, 0.15) is 5.56 Å². The summed E-state index contributed by atoms with van der Waals surface area (Å²) < 4.78 is 21.8. The van der Waals surface area contributed by atoms with Gasteiger partial charge < -0.3 is 4.74 Å². The molecule has 0 saturated carbocycles. The van der Waals surface area contributed by atoms with Gasteiger partial charge in [-0.1, -0.05) is 19.6 Å². The summed E-state index contributed by atoms with van der Waals surface area (Å²) >= 11 is 1.85. The standard InChI is InChI=1S/C14H17FIN3OSi/c1-21(2,3)5-4-20-9-19-14-11(8-18-19)6-10(7-17)13(16)12(14)15/h6,8H,4-5,9H2,1-3H3. The minimum atomic E-state index is -1.13. The first-order valence-corrected chi connectivity index (χ1v) is 11.4. The van der Waals surface area contributed by atoms with Crippen LogP contribution in [0.5, 0.6) is 0 Å². The van der Waals surface area contributed by atoms with Crippen molar-refractivity contribution in [3.63, 3.8) is 0 Å². The average molecular weight is 417 g/mol. The fourth-order valence-corrected chi connectivity index (χ4v) is 3.18. The molecule has 0 fully saturated rings. The minimum Gasteiger partial charge on any atom is -0.360 e. The third-order valence-electron chi connectivity index (χ3n) is 3.14. The molecule has 1 aromatic heterocycles. The largest absolute Gasteiger partial charge is 0.360 e. The van der Waals surface area contributed by atoms with Crippen molar-refractivity contribution in [1.82, 2.24) is 9.78 Å². The molecule has 0 aliphatic heterocycles. The first kappa shape index (κ1) is 16.4. The van der Waals surface area contributed by atoms with Crippen LogP contribution >= 0.6 is 22.6 Å². The fraction of sp³-hybridized carbons (Fsp3) is 0.429. The van der Waals surface area contributed by atoms with Gasteiger partial charge in [-0.15, -0.1) is 0 Å². The van der Waals surface area contributed by atoms with E-state index < -0.39 is 13.9 Å². The van der Waals surface area contributed by atoms with Crippen LogP contribution in [0.3, 0.4) is 0 Å². The number of nitrogens with zero attached hydrogens (tertiary/aromatic N) is 3. The third-order valence-corrected chi connectivity index (χ3v) is 5.89. The Balaban J connectivity index is 2.19. The molecule has 21 heavy (non-hydrogen) atoms. The van der Waals surface area contributed by atoms with Crippen LogP contribution in [0.15, 0.2) is 12.3 Å². The smallest absolute Gasteiger partial charge is 0.163 e. The van der Waals surface area contributed by atoms with Crippen molar-refractivity contribution >= 4 is 41.6 Å². The predicted molar refractivity (Wildman–Crippen MR) is 91.2 cm³/mol. The number of ether oxygens (including phenoxy) is 1. The Hall–Kier alpha value is -0.983. The minimum absolute atomic E-state index is 0.229. The lowest BCUT2D eigenvalue weighted by Gasteiger charge is -2.15. The lowest BCUT2D eigenvalue weighted by atomic mass is 10.2. The second-order valence-electron chi connectivity index (χ2n) is 6.09. The number of nitriles is 1. The molecule has 0 unspecified atom stereocenters. The zero-order valence-corrected chi connectivity index (χ0v) is 15.4. The van der Waals surface area contributed by atoms with Crippen molar-refractivity contribution in [1.29, 1.82) is 5.26 Å². The van der Waals surface area contributed by atoms with Crippen molar-refractivity contribution < 1.29 is 9.13 Å². The molecule has 0 spiro atoms. The highest BCUT2D eigenvalue weighted by Crippen LogP contribution is 2.25. The molecule has 112 valence electrons. The van der Waals surface area contributed by atoms with Crippen LogP contribution in [-0.2, 0) is 11.5 Å². The van der Waals surface area contributed by atoms with Crippen molar-refractivity contribution in [2.24, 2.45) is 0 Å². The van der Waals surface area contributed by atoms with E-state index in [-0.39, 0.29) is 6.73 Å². The van der Waals surface area contributed by atoms with E-state index >= 15 is 0 Å². The highest BCUT2D eigenvalue weighted by atomic mass is 127. The maximum Gasteiger partial charge on any atom is 0.163 e. The number of benzene rings is 1. The second kappa shape index (κ2) is 6.42. The van der Waals surface area contributed by atoms with E-state index in [1.807, 2.05) is 28.7 Å². The molecule has 0 amide bonds.